The van der Waals surface area contributed by atoms with Crippen LogP contribution in [0.15, 0.2) is 42.7 Å². The number of aromatic nitrogens is 1. The number of amides is 1. The van der Waals surface area contributed by atoms with Crippen LogP contribution in [-0.4, -0.2) is 46.4 Å². The van der Waals surface area contributed by atoms with Gasteiger partial charge >= 0.3 is 0 Å². The molecule has 4 nitrogen and oxygen atoms in total. The molecule has 4 heterocycles. The van der Waals surface area contributed by atoms with Crippen molar-refractivity contribution in [3.05, 3.63) is 65.0 Å². The number of aryl methyl sites for hydroxylation is 2. The Bertz CT molecular complexity index is 789. The van der Waals surface area contributed by atoms with Crippen LogP contribution in [-0.2, 0) is 6.54 Å². The van der Waals surface area contributed by atoms with Crippen molar-refractivity contribution in [1.82, 2.24) is 14.8 Å². The van der Waals surface area contributed by atoms with Crippen LogP contribution in [0.1, 0.15) is 39.9 Å². The van der Waals surface area contributed by atoms with Crippen LogP contribution in [0.3, 0.4) is 0 Å². The summed E-state index contributed by atoms with van der Waals surface area (Å²) < 4.78 is 0. The number of hydrogen-bond donors (Lipinski definition) is 0. The third kappa shape index (κ3) is 3.51. The van der Waals surface area contributed by atoms with Crippen molar-refractivity contribution in [3.63, 3.8) is 0 Å². The Hall–Kier alpha value is -2.20. The molecule has 2 bridgehead atoms. The second-order valence-corrected chi connectivity index (χ2v) is 7.91. The van der Waals surface area contributed by atoms with Gasteiger partial charge in [0.05, 0.1) is 5.56 Å². The first kappa shape index (κ1) is 17.2. The van der Waals surface area contributed by atoms with Gasteiger partial charge in [-0.15, -0.1) is 0 Å². The SMILES string of the molecule is Cc1ccc(C)c(CN2C[C@@H]3CC[C@H]2CN(C(=O)c2cccnc2)C3)c1. The van der Waals surface area contributed by atoms with Crippen molar-refractivity contribution in [2.75, 3.05) is 19.6 Å². The van der Waals surface area contributed by atoms with Crippen LogP contribution >= 0.6 is 0 Å². The van der Waals surface area contributed by atoms with E-state index in [4.69, 9.17) is 0 Å². The molecule has 1 aromatic carbocycles. The Morgan fingerprint density at radius 1 is 1.15 bits per heavy atom. The number of nitrogens with zero attached hydrogens (tertiary/aromatic N) is 3. The number of pyridine rings is 1. The quantitative estimate of drug-likeness (QED) is 0.852. The first-order valence-corrected chi connectivity index (χ1v) is 9.59. The van der Waals surface area contributed by atoms with Gasteiger partial charge in [-0.2, -0.15) is 0 Å². The zero-order chi connectivity index (χ0) is 18.1. The summed E-state index contributed by atoms with van der Waals surface area (Å²) in [6.07, 6.45) is 5.81. The van der Waals surface area contributed by atoms with E-state index >= 15 is 0 Å². The summed E-state index contributed by atoms with van der Waals surface area (Å²) in [6, 6.07) is 10.9. The topological polar surface area (TPSA) is 36.4 Å². The first-order valence-electron chi connectivity index (χ1n) is 9.59. The number of benzene rings is 1. The molecule has 3 fully saturated rings. The number of carbonyl (C=O) groups excluding carboxylic acids is 1. The van der Waals surface area contributed by atoms with Gasteiger partial charge in [-0.05, 0) is 55.9 Å². The molecule has 1 aromatic heterocycles. The monoisotopic (exact) mass is 349 g/mol. The van der Waals surface area contributed by atoms with Gasteiger partial charge in [0.25, 0.3) is 5.91 Å². The second-order valence-electron chi connectivity index (χ2n) is 7.91. The highest BCUT2D eigenvalue weighted by Gasteiger charge is 2.36. The maximum absolute atomic E-state index is 12.9. The summed E-state index contributed by atoms with van der Waals surface area (Å²) in [5.41, 5.74) is 4.80. The van der Waals surface area contributed by atoms with Crippen molar-refractivity contribution in [1.29, 1.82) is 0 Å². The van der Waals surface area contributed by atoms with Gasteiger partial charge in [0.1, 0.15) is 0 Å². The van der Waals surface area contributed by atoms with Crippen molar-refractivity contribution in [2.24, 2.45) is 5.92 Å². The summed E-state index contributed by atoms with van der Waals surface area (Å²) in [4.78, 5) is 21.7. The fourth-order valence-electron chi connectivity index (χ4n) is 4.40. The lowest BCUT2D eigenvalue weighted by Gasteiger charge is -2.36. The number of hydrogen-bond acceptors (Lipinski definition) is 3. The average molecular weight is 349 g/mol. The molecule has 4 heteroatoms. The lowest BCUT2D eigenvalue weighted by molar-refractivity contribution is 0.0735. The van der Waals surface area contributed by atoms with Gasteiger partial charge < -0.3 is 4.90 Å². The molecule has 2 atom stereocenters. The fourth-order valence-corrected chi connectivity index (χ4v) is 4.40. The van der Waals surface area contributed by atoms with Gasteiger partial charge in [0.2, 0.25) is 0 Å². The normalized spacial score (nSPS) is 23.1. The first-order chi connectivity index (χ1) is 12.6. The molecule has 0 aliphatic carbocycles. The van der Waals surface area contributed by atoms with E-state index in [1.165, 1.54) is 29.5 Å². The van der Waals surface area contributed by atoms with Crippen molar-refractivity contribution >= 4 is 5.91 Å². The molecule has 26 heavy (non-hydrogen) atoms. The molecule has 2 aromatic rings. The summed E-state index contributed by atoms with van der Waals surface area (Å²) in [5, 5.41) is 0. The van der Waals surface area contributed by atoms with Crippen molar-refractivity contribution in [3.8, 4) is 0 Å². The lowest BCUT2D eigenvalue weighted by Crippen LogP contribution is -2.44. The van der Waals surface area contributed by atoms with Crippen LogP contribution in [0.4, 0.5) is 0 Å². The fraction of sp³-hybridized carbons (Fsp3) is 0.455. The van der Waals surface area contributed by atoms with Crippen molar-refractivity contribution in [2.45, 2.75) is 39.3 Å². The van der Waals surface area contributed by atoms with E-state index in [1.807, 2.05) is 12.1 Å². The van der Waals surface area contributed by atoms with Crippen LogP contribution in [0.25, 0.3) is 0 Å². The Morgan fingerprint density at radius 2 is 2.04 bits per heavy atom. The molecule has 136 valence electrons. The zero-order valence-electron chi connectivity index (χ0n) is 15.7. The van der Waals surface area contributed by atoms with Gasteiger partial charge in [-0.1, -0.05) is 23.8 Å². The van der Waals surface area contributed by atoms with Gasteiger partial charge in [0.15, 0.2) is 0 Å². The number of fused-ring (bicyclic) bond motifs is 4. The standard InChI is InChI=1S/C22H27N3O/c1-16-5-6-17(2)20(10-16)14-24-12-18-7-8-21(24)15-25(13-18)22(26)19-4-3-9-23-11-19/h3-6,9-11,18,21H,7-8,12-15H2,1-2H3/t18-,21-/m0/s1. The molecule has 0 radical (unpaired) electrons. The highest BCUT2D eigenvalue weighted by Crippen LogP contribution is 2.30. The number of rotatable bonds is 3. The molecular weight excluding hydrogens is 322 g/mol. The van der Waals surface area contributed by atoms with E-state index in [0.29, 0.717) is 17.5 Å². The van der Waals surface area contributed by atoms with E-state index in [0.717, 1.165) is 26.2 Å². The summed E-state index contributed by atoms with van der Waals surface area (Å²) in [7, 11) is 0. The Balaban J connectivity index is 1.51. The zero-order valence-corrected chi connectivity index (χ0v) is 15.7. The van der Waals surface area contributed by atoms with E-state index in [2.05, 4.69) is 46.8 Å². The van der Waals surface area contributed by atoms with Gasteiger partial charge in [-0.25, -0.2) is 0 Å². The Kier molecular flexibility index (Phi) is 4.77. The number of piperidine rings is 1. The molecule has 0 unspecified atom stereocenters. The van der Waals surface area contributed by atoms with Crippen LogP contribution < -0.4 is 0 Å². The van der Waals surface area contributed by atoms with E-state index in [-0.39, 0.29) is 5.91 Å². The van der Waals surface area contributed by atoms with E-state index in [1.54, 1.807) is 12.4 Å². The summed E-state index contributed by atoms with van der Waals surface area (Å²) >= 11 is 0. The Labute approximate surface area is 155 Å². The van der Waals surface area contributed by atoms with Crippen molar-refractivity contribution < 1.29 is 4.79 Å². The predicted octanol–water partition coefficient (Wildman–Crippen LogP) is 3.44. The highest BCUT2D eigenvalue weighted by molar-refractivity contribution is 5.94. The van der Waals surface area contributed by atoms with Crippen LogP contribution in [0, 0.1) is 19.8 Å². The summed E-state index contributed by atoms with van der Waals surface area (Å²) in [6.45, 7) is 8.13. The minimum Gasteiger partial charge on any atom is -0.337 e. The van der Waals surface area contributed by atoms with Gasteiger partial charge in [0, 0.05) is 44.6 Å². The molecule has 3 saturated heterocycles. The molecule has 1 amide bonds. The van der Waals surface area contributed by atoms with E-state index < -0.39 is 0 Å². The smallest absolute Gasteiger partial charge is 0.255 e. The van der Waals surface area contributed by atoms with Crippen LogP contribution in [0.2, 0.25) is 0 Å². The summed E-state index contributed by atoms with van der Waals surface area (Å²) in [5.74, 6) is 0.697. The molecule has 3 aliphatic heterocycles. The third-order valence-electron chi connectivity index (χ3n) is 5.90. The maximum atomic E-state index is 12.9. The average Bonchev–Trinajstić information content (AvgIpc) is 2.97. The molecular formula is C22H27N3O. The van der Waals surface area contributed by atoms with Crippen LogP contribution in [0.5, 0.6) is 0 Å². The third-order valence-corrected chi connectivity index (χ3v) is 5.90. The maximum Gasteiger partial charge on any atom is 0.255 e. The molecule has 0 spiro atoms. The largest absolute Gasteiger partial charge is 0.337 e. The van der Waals surface area contributed by atoms with E-state index in [9.17, 15) is 4.79 Å². The minimum absolute atomic E-state index is 0.128. The lowest BCUT2D eigenvalue weighted by atomic mass is 9.94. The van der Waals surface area contributed by atoms with Gasteiger partial charge in [-0.3, -0.25) is 14.7 Å². The minimum atomic E-state index is 0.128. The molecule has 5 rings (SSSR count). The predicted molar refractivity (Wildman–Crippen MR) is 103 cm³/mol. The molecule has 0 saturated carbocycles. The highest BCUT2D eigenvalue weighted by atomic mass is 16.2. The number of carbonyl (C=O) groups is 1. The molecule has 3 aliphatic rings. The Morgan fingerprint density at radius 3 is 2.85 bits per heavy atom. The molecule has 0 N–H and O–H groups in total. The second kappa shape index (κ2) is 7.20.